The van der Waals surface area contributed by atoms with Crippen LogP contribution in [-0.4, -0.2) is 23.6 Å². The maximum Gasteiger partial charge on any atom is 0.247 e. The molecule has 0 aromatic heterocycles. The van der Waals surface area contributed by atoms with E-state index in [1.807, 2.05) is 0 Å². The number of nitrogens with zero attached hydrogens (tertiary/aromatic N) is 1. The van der Waals surface area contributed by atoms with Gasteiger partial charge in [0, 0.05) is 24.6 Å². The van der Waals surface area contributed by atoms with E-state index in [4.69, 9.17) is 5.73 Å². The third kappa shape index (κ3) is 3.20. The molecule has 0 saturated heterocycles. The predicted octanol–water partition coefficient (Wildman–Crippen LogP) is 0.929. The van der Waals surface area contributed by atoms with Crippen LogP contribution < -0.4 is 11.1 Å². The Kier molecular flexibility index (Phi) is 4.51. The zero-order valence-corrected chi connectivity index (χ0v) is 10.6. The van der Waals surface area contributed by atoms with Crippen LogP contribution >= 0.6 is 11.9 Å². The van der Waals surface area contributed by atoms with Crippen LogP contribution in [-0.2, 0) is 9.59 Å². The van der Waals surface area contributed by atoms with Gasteiger partial charge in [0.05, 0.1) is 0 Å². The molecular weight excluding hydrogens is 238 g/mol. The number of hydrogen-bond donors (Lipinski definition) is 2. The Balaban J connectivity index is 3.06. The lowest BCUT2D eigenvalue weighted by Gasteiger charge is -2.28. The fourth-order valence-electron chi connectivity index (χ4n) is 1.32. The molecule has 0 saturated carbocycles. The van der Waals surface area contributed by atoms with Gasteiger partial charge < -0.3 is 11.1 Å². The third-order valence-corrected chi connectivity index (χ3v) is 2.97. The lowest BCUT2D eigenvalue weighted by atomic mass is 9.90. The van der Waals surface area contributed by atoms with Crippen molar-refractivity contribution in [2.24, 2.45) is 10.1 Å². The second kappa shape index (κ2) is 5.67. The van der Waals surface area contributed by atoms with E-state index in [0.29, 0.717) is 12.0 Å². The summed E-state index contributed by atoms with van der Waals surface area (Å²) in [5.74, 6) is -0.829. The van der Waals surface area contributed by atoms with Crippen molar-refractivity contribution >= 4 is 30.0 Å². The first kappa shape index (κ1) is 13.5. The van der Waals surface area contributed by atoms with E-state index in [2.05, 4.69) is 9.71 Å². The first-order valence-corrected chi connectivity index (χ1v) is 6.01. The Morgan fingerprint density at radius 2 is 2.29 bits per heavy atom. The second-order valence-corrected chi connectivity index (χ2v) is 4.37. The summed E-state index contributed by atoms with van der Waals surface area (Å²) in [5.41, 5.74) is 4.78. The molecule has 1 unspecified atom stereocenters. The van der Waals surface area contributed by atoms with Crippen LogP contribution in [0, 0.1) is 0 Å². The zero-order valence-electron chi connectivity index (χ0n) is 9.77. The number of carbonyl (C=O) groups is 2. The molecule has 0 spiro atoms. The highest BCUT2D eigenvalue weighted by molar-refractivity contribution is 8.01. The molecule has 5 nitrogen and oxygen atoms in total. The van der Waals surface area contributed by atoms with Gasteiger partial charge in [-0.1, -0.05) is 6.92 Å². The first-order valence-electron chi connectivity index (χ1n) is 5.18. The monoisotopic (exact) mass is 253 g/mol. The number of carbonyl (C=O) groups excluding carboxylic acids is 2. The first-order chi connectivity index (χ1) is 8.00. The Morgan fingerprint density at radius 3 is 2.88 bits per heavy atom. The van der Waals surface area contributed by atoms with Crippen LogP contribution in [0.3, 0.4) is 0 Å². The van der Waals surface area contributed by atoms with Gasteiger partial charge in [0.15, 0.2) is 0 Å². The number of hydrogen-bond acceptors (Lipinski definition) is 4. The molecule has 0 bridgehead atoms. The Labute approximate surface area is 104 Å². The topological polar surface area (TPSA) is 84.5 Å². The van der Waals surface area contributed by atoms with Crippen molar-refractivity contribution in [3.63, 3.8) is 0 Å². The zero-order chi connectivity index (χ0) is 12.9. The Bertz CT molecular complexity index is 415. The molecular formula is C11H15N3O2S. The molecule has 1 aliphatic rings. The summed E-state index contributed by atoms with van der Waals surface area (Å²) in [7, 11) is 0. The number of nitrogens with one attached hydrogen (secondary N) is 1. The van der Waals surface area contributed by atoms with Gasteiger partial charge in [0.25, 0.3) is 0 Å². The summed E-state index contributed by atoms with van der Waals surface area (Å²) in [6.07, 6.45) is 5.25. The Hall–Kier alpha value is -1.56. The molecule has 0 radical (unpaired) electrons. The quantitative estimate of drug-likeness (QED) is 0.731. The van der Waals surface area contributed by atoms with E-state index in [-0.39, 0.29) is 5.91 Å². The molecule has 1 atom stereocenters. The summed E-state index contributed by atoms with van der Waals surface area (Å²) in [6.45, 7) is 3.30. The maximum absolute atomic E-state index is 11.6. The van der Waals surface area contributed by atoms with Gasteiger partial charge in [-0.05, 0) is 30.1 Å². The largest absolute Gasteiger partial charge is 0.367 e. The van der Waals surface area contributed by atoms with Crippen molar-refractivity contribution in [1.82, 2.24) is 5.32 Å². The smallest absolute Gasteiger partial charge is 0.247 e. The van der Waals surface area contributed by atoms with E-state index < -0.39 is 11.4 Å². The molecule has 92 valence electrons. The van der Waals surface area contributed by atoms with Crippen molar-refractivity contribution in [3.8, 4) is 0 Å². The number of nitrogens with two attached hydrogens (primary N) is 1. The highest BCUT2D eigenvalue weighted by atomic mass is 32.2. The molecule has 6 heteroatoms. The molecule has 1 aliphatic heterocycles. The summed E-state index contributed by atoms with van der Waals surface area (Å²) in [5, 5.41) is 4.37. The SMILES string of the molecule is CCC(=O)NC(C)(C(N)=O)C1=CC=NSC=C1. The average molecular weight is 253 g/mol. The van der Waals surface area contributed by atoms with Gasteiger partial charge in [0.1, 0.15) is 5.54 Å². The van der Waals surface area contributed by atoms with Crippen LogP contribution in [0.4, 0.5) is 0 Å². The number of allylic oxidation sites excluding steroid dienone is 1. The van der Waals surface area contributed by atoms with Crippen LogP contribution in [0.25, 0.3) is 0 Å². The standard InChI is InChI=1S/C11H15N3O2S/c1-3-9(15)14-11(2,10(12)16)8-4-6-13-17-7-5-8/h4-7H,3H2,1-2H3,(H2,12,16)(H,14,15). The van der Waals surface area contributed by atoms with Gasteiger partial charge in [-0.3, -0.25) is 9.59 Å². The van der Waals surface area contributed by atoms with Crippen molar-refractivity contribution in [1.29, 1.82) is 0 Å². The molecule has 1 heterocycles. The fourth-order valence-corrected chi connectivity index (χ4v) is 1.73. The van der Waals surface area contributed by atoms with Crippen molar-refractivity contribution in [2.45, 2.75) is 25.8 Å². The van der Waals surface area contributed by atoms with Gasteiger partial charge in [-0.15, -0.1) is 0 Å². The minimum atomic E-state index is -1.21. The second-order valence-electron chi connectivity index (χ2n) is 3.68. The molecule has 17 heavy (non-hydrogen) atoms. The van der Waals surface area contributed by atoms with E-state index in [0.717, 1.165) is 0 Å². The molecule has 0 aromatic rings. The Morgan fingerprint density at radius 1 is 1.59 bits per heavy atom. The van der Waals surface area contributed by atoms with Crippen LogP contribution in [0.2, 0.25) is 0 Å². The normalized spacial score (nSPS) is 17.9. The van der Waals surface area contributed by atoms with Crippen molar-refractivity contribution in [2.75, 3.05) is 0 Å². The average Bonchev–Trinajstić information content (AvgIpc) is 2.57. The van der Waals surface area contributed by atoms with E-state index in [1.165, 1.54) is 11.9 Å². The minimum absolute atomic E-state index is 0.227. The number of amides is 2. The van der Waals surface area contributed by atoms with E-state index in [1.54, 1.807) is 37.6 Å². The lowest BCUT2D eigenvalue weighted by molar-refractivity contribution is -0.129. The predicted molar refractivity (Wildman–Crippen MR) is 69.3 cm³/mol. The third-order valence-electron chi connectivity index (χ3n) is 2.46. The molecule has 0 aliphatic carbocycles. The minimum Gasteiger partial charge on any atom is -0.367 e. The van der Waals surface area contributed by atoms with E-state index in [9.17, 15) is 9.59 Å². The number of primary amides is 1. The lowest BCUT2D eigenvalue weighted by Crippen LogP contribution is -2.56. The summed E-state index contributed by atoms with van der Waals surface area (Å²) in [4.78, 5) is 23.0. The molecule has 1 rings (SSSR count). The van der Waals surface area contributed by atoms with Gasteiger partial charge in [0.2, 0.25) is 11.8 Å². The number of rotatable bonds is 4. The van der Waals surface area contributed by atoms with Gasteiger partial charge in [-0.2, -0.15) is 0 Å². The van der Waals surface area contributed by atoms with E-state index >= 15 is 0 Å². The fraction of sp³-hybridized carbons (Fsp3) is 0.364. The summed E-state index contributed by atoms with van der Waals surface area (Å²) < 4.78 is 3.96. The van der Waals surface area contributed by atoms with Gasteiger partial charge in [-0.25, -0.2) is 4.40 Å². The maximum atomic E-state index is 11.6. The summed E-state index contributed by atoms with van der Waals surface area (Å²) in [6, 6.07) is 0. The van der Waals surface area contributed by atoms with Crippen LogP contribution in [0.5, 0.6) is 0 Å². The van der Waals surface area contributed by atoms with Crippen molar-refractivity contribution in [3.05, 3.63) is 23.1 Å². The van der Waals surface area contributed by atoms with Crippen LogP contribution in [0.15, 0.2) is 27.5 Å². The molecule has 2 amide bonds. The van der Waals surface area contributed by atoms with Gasteiger partial charge >= 0.3 is 0 Å². The molecule has 0 fully saturated rings. The summed E-state index contributed by atoms with van der Waals surface area (Å²) >= 11 is 1.24. The van der Waals surface area contributed by atoms with Crippen LogP contribution in [0.1, 0.15) is 20.3 Å². The molecule has 3 N–H and O–H groups in total. The van der Waals surface area contributed by atoms with Crippen molar-refractivity contribution < 1.29 is 9.59 Å². The highest BCUT2D eigenvalue weighted by Gasteiger charge is 2.35. The highest BCUT2D eigenvalue weighted by Crippen LogP contribution is 2.21. The molecule has 0 aromatic carbocycles.